The van der Waals surface area contributed by atoms with Gasteiger partial charge in [-0.2, -0.15) is 0 Å². The van der Waals surface area contributed by atoms with Crippen molar-refractivity contribution < 1.29 is 18.7 Å². The lowest BCUT2D eigenvalue weighted by Gasteiger charge is -2.44. The first-order chi connectivity index (χ1) is 14.8. The van der Waals surface area contributed by atoms with Gasteiger partial charge in [-0.1, -0.05) is 12.1 Å². The molecular weight excluding hydrogens is 463 g/mol. The molecule has 1 aliphatic rings. The summed E-state index contributed by atoms with van der Waals surface area (Å²) in [6.07, 6.45) is 3.39. The Morgan fingerprint density at radius 2 is 1.84 bits per heavy atom. The van der Waals surface area contributed by atoms with E-state index in [0.717, 1.165) is 28.7 Å². The van der Waals surface area contributed by atoms with Gasteiger partial charge in [0.25, 0.3) is 0 Å². The third-order valence-electron chi connectivity index (χ3n) is 5.57. The molecule has 166 valence electrons. The molecule has 1 aliphatic heterocycles. The second-order valence-electron chi connectivity index (χ2n) is 7.82. The number of nitrogens with zero attached hydrogens (tertiary/aromatic N) is 2. The molecule has 1 saturated heterocycles. The smallest absolute Gasteiger partial charge is 0.246 e. The summed E-state index contributed by atoms with van der Waals surface area (Å²) in [5, 5.41) is 0. The maximum absolute atomic E-state index is 13.2. The minimum absolute atomic E-state index is 0.0216. The first kappa shape index (κ1) is 23.3. The molecule has 3 rings (SSSR count). The standard InChI is InChI=1S/C24H28BrFN2O3/c1-16-14-28(17(2)13-27(16)15-18-5-8-20(26)9-6-18)23(29)10-7-19-11-21(25)24(31-4)22(12-19)30-3/h5-12,16-17H,13-15H2,1-4H3/b10-7+. The van der Waals surface area contributed by atoms with Crippen LogP contribution in [0.5, 0.6) is 11.5 Å². The van der Waals surface area contributed by atoms with Crippen LogP contribution in [0.2, 0.25) is 0 Å². The molecule has 0 saturated carbocycles. The zero-order valence-electron chi connectivity index (χ0n) is 18.3. The van der Waals surface area contributed by atoms with E-state index < -0.39 is 0 Å². The molecule has 0 bridgehead atoms. The first-order valence-electron chi connectivity index (χ1n) is 10.2. The third kappa shape index (κ3) is 5.66. The average Bonchev–Trinajstić information content (AvgIpc) is 2.75. The Balaban J connectivity index is 1.66. The quantitative estimate of drug-likeness (QED) is 0.548. The van der Waals surface area contributed by atoms with Crippen molar-refractivity contribution in [2.75, 3.05) is 27.3 Å². The lowest BCUT2D eigenvalue weighted by atomic mass is 10.1. The number of hydrogen-bond acceptors (Lipinski definition) is 4. The van der Waals surface area contributed by atoms with Crippen molar-refractivity contribution in [3.05, 3.63) is 63.9 Å². The van der Waals surface area contributed by atoms with Crippen LogP contribution in [0.3, 0.4) is 0 Å². The molecule has 7 heteroatoms. The summed E-state index contributed by atoms with van der Waals surface area (Å²) < 4.78 is 24.6. The van der Waals surface area contributed by atoms with Crippen LogP contribution in [-0.4, -0.2) is 55.1 Å². The van der Waals surface area contributed by atoms with Crippen molar-refractivity contribution >= 4 is 27.9 Å². The van der Waals surface area contributed by atoms with E-state index in [2.05, 4.69) is 34.7 Å². The monoisotopic (exact) mass is 490 g/mol. The van der Waals surface area contributed by atoms with Gasteiger partial charge in [-0.3, -0.25) is 9.69 Å². The van der Waals surface area contributed by atoms with Crippen LogP contribution in [0.4, 0.5) is 4.39 Å². The Labute approximate surface area is 191 Å². The Morgan fingerprint density at radius 3 is 2.48 bits per heavy atom. The molecule has 1 amide bonds. The molecule has 1 fully saturated rings. The molecule has 0 aliphatic carbocycles. The molecule has 5 nitrogen and oxygen atoms in total. The highest BCUT2D eigenvalue weighted by atomic mass is 79.9. The lowest BCUT2D eigenvalue weighted by molar-refractivity contribution is -0.131. The summed E-state index contributed by atoms with van der Waals surface area (Å²) in [5.74, 6) is 0.964. The van der Waals surface area contributed by atoms with Crippen molar-refractivity contribution in [3.8, 4) is 11.5 Å². The molecule has 2 unspecified atom stereocenters. The second-order valence-corrected chi connectivity index (χ2v) is 8.67. The lowest BCUT2D eigenvalue weighted by Crippen LogP contribution is -2.57. The molecule has 0 aromatic heterocycles. The molecule has 0 N–H and O–H groups in total. The van der Waals surface area contributed by atoms with Crippen molar-refractivity contribution in [2.24, 2.45) is 0 Å². The molecule has 1 heterocycles. The summed E-state index contributed by atoms with van der Waals surface area (Å²) in [4.78, 5) is 17.1. The van der Waals surface area contributed by atoms with Crippen LogP contribution in [0.25, 0.3) is 6.08 Å². The summed E-state index contributed by atoms with van der Waals surface area (Å²) in [7, 11) is 3.16. The van der Waals surface area contributed by atoms with Gasteiger partial charge in [0.2, 0.25) is 5.91 Å². The number of rotatable bonds is 6. The van der Waals surface area contributed by atoms with E-state index in [4.69, 9.17) is 9.47 Å². The topological polar surface area (TPSA) is 42.0 Å². The van der Waals surface area contributed by atoms with Gasteiger partial charge in [0.1, 0.15) is 5.82 Å². The van der Waals surface area contributed by atoms with E-state index in [1.807, 2.05) is 29.2 Å². The number of carbonyl (C=O) groups excluding carboxylic acids is 1. The fourth-order valence-corrected chi connectivity index (χ4v) is 4.47. The van der Waals surface area contributed by atoms with Crippen molar-refractivity contribution in [1.29, 1.82) is 0 Å². The molecule has 31 heavy (non-hydrogen) atoms. The van der Waals surface area contributed by atoms with Gasteiger partial charge in [-0.05, 0) is 71.2 Å². The highest BCUT2D eigenvalue weighted by Gasteiger charge is 2.31. The largest absolute Gasteiger partial charge is 0.493 e. The van der Waals surface area contributed by atoms with Gasteiger partial charge in [0, 0.05) is 37.8 Å². The zero-order chi connectivity index (χ0) is 22.5. The maximum atomic E-state index is 13.2. The minimum atomic E-state index is -0.228. The summed E-state index contributed by atoms with van der Waals surface area (Å²) in [6, 6.07) is 10.6. The van der Waals surface area contributed by atoms with Crippen molar-refractivity contribution in [2.45, 2.75) is 32.5 Å². The molecule has 0 radical (unpaired) electrons. The SMILES string of the molecule is COc1cc(/C=C/C(=O)N2CC(C)N(Cc3ccc(F)cc3)CC2C)cc(Br)c1OC. The normalized spacial score (nSPS) is 19.6. The summed E-state index contributed by atoms with van der Waals surface area (Å²) >= 11 is 3.48. The van der Waals surface area contributed by atoms with Gasteiger partial charge in [-0.15, -0.1) is 0 Å². The van der Waals surface area contributed by atoms with E-state index >= 15 is 0 Å². The number of piperazine rings is 1. The summed E-state index contributed by atoms with van der Waals surface area (Å²) in [6.45, 7) is 6.32. The fourth-order valence-electron chi connectivity index (χ4n) is 3.85. The predicted octanol–water partition coefficient (Wildman–Crippen LogP) is 4.74. The Kier molecular flexibility index (Phi) is 7.73. The fraction of sp³-hybridized carbons (Fsp3) is 0.375. The van der Waals surface area contributed by atoms with Gasteiger partial charge < -0.3 is 14.4 Å². The second kappa shape index (κ2) is 10.3. The molecule has 0 spiro atoms. The Morgan fingerprint density at radius 1 is 1.13 bits per heavy atom. The summed E-state index contributed by atoms with van der Waals surface area (Å²) in [5.41, 5.74) is 1.91. The highest BCUT2D eigenvalue weighted by Crippen LogP contribution is 2.36. The number of benzene rings is 2. The number of hydrogen-bond donors (Lipinski definition) is 0. The van der Waals surface area contributed by atoms with E-state index in [1.54, 1.807) is 26.4 Å². The third-order valence-corrected chi connectivity index (χ3v) is 6.16. The number of ether oxygens (including phenoxy) is 2. The predicted molar refractivity (Wildman–Crippen MR) is 124 cm³/mol. The Bertz CT molecular complexity index is 949. The zero-order valence-corrected chi connectivity index (χ0v) is 19.9. The van der Waals surface area contributed by atoms with Crippen LogP contribution < -0.4 is 9.47 Å². The number of halogens is 2. The van der Waals surface area contributed by atoms with Crippen molar-refractivity contribution in [1.82, 2.24) is 9.80 Å². The number of carbonyl (C=O) groups is 1. The Hall–Kier alpha value is -2.38. The van der Waals surface area contributed by atoms with Crippen LogP contribution in [0, 0.1) is 5.82 Å². The van der Waals surface area contributed by atoms with Crippen LogP contribution in [0.15, 0.2) is 46.9 Å². The maximum Gasteiger partial charge on any atom is 0.246 e. The van der Waals surface area contributed by atoms with Crippen molar-refractivity contribution in [3.63, 3.8) is 0 Å². The van der Waals surface area contributed by atoms with E-state index in [-0.39, 0.29) is 23.8 Å². The van der Waals surface area contributed by atoms with Crippen LogP contribution in [0.1, 0.15) is 25.0 Å². The minimum Gasteiger partial charge on any atom is -0.493 e. The van der Waals surface area contributed by atoms with Gasteiger partial charge in [0.15, 0.2) is 11.5 Å². The molecule has 2 aromatic carbocycles. The molecular formula is C24H28BrFN2O3. The van der Waals surface area contributed by atoms with E-state index in [1.165, 1.54) is 12.1 Å². The van der Waals surface area contributed by atoms with Crippen LogP contribution in [-0.2, 0) is 11.3 Å². The van der Waals surface area contributed by atoms with Gasteiger partial charge >= 0.3 is 0 Å². The first-order valence-corrected chi connectivity index (χ1v) is 11.0. The van der Waals surface area contributed by atoms with Crippen LogP contribution >= 0.6 is 15.9 Å². The number of methoxy groups -OCH3 is 2. The number of amides is 1. The molecule has 2 aromatic rings. The average molecular weight is 491 g/mol. The highest BCUT2D eigenvalue weighted by molar-refractivity contribution is 9.10. The van der Waals surface area contributed by atoms with Gasteiger partial charge in [-0.25, -0.2) is 4.39 Å². The van der Waals surface area contributed by atoms with E-state index in [0.29, 0.717) is 18.0 Å². The van der Waals surface area contributed by atoms with E-state index in [9.17, 15) is 9.18 Å². The van der Waals surface area contributed by atoms with Gasteiger partial charge in [0.05, 0.1) is 18.7 Å². The molecule has 2 atom stereocenters.